The first-order valence-electron chi connectivity index (χ1n) is 7.54. The number of carbonyl (C=O) groups is 1. The van der Waals surface area contributed by atoms with Crippen LogP contribution in [0.2, 0.25) is 0 Å². The lowest BCUT2D eigenvalue weighted by atomic mass is 10.1. The Hall–Kier alpha value is -3.37. The number of para-hydroxylation sites is 1. The van der Waals surface area contributed by atoms with Crippen molar-refractivity contribution in [2.45, 2.75) is 0 Å². The number of primary amides is 1. The highest BCUT2D eigenvalue weighted by molar-refractivity contribution is 7.85. The summed E-state index contributed by atoms with van der Waals surface area (Å²) in [6, 6.07) is 16.6. The Morgan fingerprint density at radius 2 is 1.59 bits per heavy atom. The lowest BCUT2D eigenvalue weighted by Crippen LogP contribution is -2.13. The van der Waals surface area contributed by atoms with Crippen LogP contribution in [0, 0.1) is 0 Å². The van der Waals surface area contributed by atoms with E-state index in [9.17, 15) is 13.2 Å². The third-order valence-electron chi connectivity index (χ3n) is 3.15. The number of nitrogen functional groups attached to an aromatic ring is 1. The van der Waals surface area contributed by atoms with Crippen molar-refractivity contribution >= 4 is 21.8 Å². The number of rotatable bonds is 4. The van der Waals surface area contributed by atoms with Gasteiger partial charge in [-0.3, -0.25) is 14.4 Å². The molecule has 10 heteroatoms. The largest absolute Gasteiger partial charge is 0.457 e. The molecule has 2 aromatic carbocycles. The minimum absolute atomic E-state index is 0.159. The molecule has 6 N–H and O–H groups in total. The zero-order valence-corrected chi connectivity index (χ0v) is 15.1. The van der Waals surface area contributed by atoms with Crippen LogP contribution in [-0.2, 0) is 10.1 Å². The van der Waals surface area contributed by atoms with E-state index in [1.54, 1.807) is 24.3 Å². The number of nitrogens with two attached hydrogens (primary N) is 2. The maximum atomic E-state index is 11.4. The molecule has 0 saturated carbocycles. The number of benzene rings is 2. The molecule has 0 atom stereocenters. The molecule has 3 rings (SSSR count). The summed E-state index contributed by atoms with van der Waals surface area (Å²) >= 11 is 0. The summed E-state index contributed by atoms with van der Waals surface area (Å²) in [6.07, 6.45) is 0.715. The third kappa shape index (κ3) is 6.13. The van der Waals surface area contributed by atoms with Gasteiger partial charge in [-0.25, -0.2) is 0 Å². The van der Waals surface area contributed by atoms with Gasteiger partial charge in [0.05, 0.1) is 6.26 Å². The van der Waals surface area contributed by atoms with Crippen LogP contribution in [0.4, 0.5) is 5.82 Å². The van der Waals surface area contributed by atoms with E-state index < -0.39 is 16.0 Å². The second-order valence-corrected chi connectivity index (χ2v) is 6.86. The molecule has 1 heterocycles. The molecule has 0 bridgehead atoms. The SMILES string of the molecule is CS(=O)(=O)O.NC(=O)c1c(-c2ccc(Oc3ccccc3)cc2)n[nH]c1N. The Kier molecular flexibility index (Phi) is 6.16. The molecule has 0 saturated heterocycles. The highest BCUT2D eigenvalue weighted by Gasteiger charge is 2.17. The first-order chi connectivity index (χ1) is 12.6. The molecule has 3 aromatic rings. The number of hydrogen-bond donors (Lipinski definition) is 4. The van der Waals surface area contributed by atoms with Gasteiger partial charge in [0.25, 0.3) is 16.0 Å². The maximum absolute atomic E-state index is 11.4. The molecule has 0 fully saturated rings. The van der Waals surface area contributed by atoms with Gasteiger partial charge in [0.2, 0.25) is 0 Å². The van der Waals surface area contributed by atoms with Crippen LogP contribution in [-0.4, -0.2) is 35.3 Å². The lowest BCUT2D eigenvalue weighted by Gasteiger charge is -2.06. The summed E-state index contributed by atoms with van der Waals surface area (Å²) in [6.45, 7) is 0. The number of nitrogens with zero attached hydrogens (tertiary/aromatic N) is 1. The van der Waals surface area contributed by atoms with Crippen molar-refractivity contribution in [1.82, 2.24) is 10.2 Å². The Bertz CT molecular complexity index is 1010. The van der Waals surface area contributed by atoms with E-state index in [1.165, 1.54) is 0 Å². The Morgan fingerprint density at radius 1 is 1.07 bits per heavy atom. The van der Waals surface area contributed by atoms with Gasteiger partial charge in [0, 0.05) is 5.56 Å². The average Bonchev–Trinajstić information content (AvgIpc) is 2.97. The number of aromatic amines is 1. The van der Waals surface area contributed by atoms with Crippen molar-refractivity contribution in [1.29, 1.82) is 0 Å². The molecule has 0 aliphatic rings. The van der Waals surface area contributed by atoms with Gasteiger partial charge in [-0.2, -0.15) is 13.5 Å². The number of nitrogens with one attached hydrogen (secondary N) is 1. The van der Waals surface area contributed by atoms with Crippen LogP contribution >= 0.6 is 0 Å². The van der Waals surface area contributed by atoms with Gasteiger partial charge in [-0.05, 0) is 36.4 Å². The number of amides is 1. The predicted octanol–water partition coefficient (Wildman–Crippen LogP) is 2.05. The Balaban J connectivity index is 0.000000465. The van der Waals surface area contributed by atoms with Gasteiger partial charge < -0.3 is 16.2 Å². The standard InChI is InChI=1S/C16H14N4O2.CH4O3S/c17-15-13(16(18)21)14(19-20-15)10-6-8-12(9-7-10)22-11-4-2-1-3-5-11;1-5(2,3)4/h1-9H,(H2,18,21)(H3,17,19,20);1H3,(H,2,3,4). The van der Waals surface area contributed by atoms with Crippen molar-refractivity contribution < 1.29 is 22.5 Å². The maximum Gasteiger partial charge on any atom is 0.261 e. The Labute approximate surface area is 155 Å². The molecule has 0 spiro atoms. The second-order valence-electron chi connectivity index (χ2n) is 5.40. The normalized spacial score (nSPS) is 10.6. The second kappa shape index (κ2) is 8.34. The summed E-state index contributed by atoms with van der Waals surface area (Å²) in [5.74, 6) is 0.967. The fourth-order valence-corrected chi connectivity index (χ4v) is 2.12. The summed E-state index contributed by atoms with van der Waals surface area (Å²) in [7, 11) is -3.67. The van der Waals surface area contributed by atoms with E-state index in [1.807, 2.05) is 30.3 Å². The fraction of sp³-hybridized carbons (Fsp3) is 0.0588. The highest BCUT2D eigenvalue weighted by atomic mass is 32.2. The summed E-state index contributed by atoms with van der Waals surface area (Å²) < 4.78 is 31.6. The number of aromatic nitrogens is 2. The van der Waals surface area contributed by atoms with E-state index in [0.29, 0.717) is 17.7 Å². The molecular formula is C17H18N4O5S. The fourth-order valence-electron chi connectivity index (χ4n) is 2.12. The minimum atomic E-state index is -3.67. The number of ether oxygens (including phenoxy) is 1. The first kappa shape index (κ1) is 19.9. The van der Waals surface area contributed by atoms with Gasteiger partial charge in [0.1, 0.15) is 28.6 Å². The van der Waals surface area contributed by atoms with Crippen LogP contribution in [0.25, 0.3) is 11.3 Å². The number of hydrogen-bond acceptors (Lipinski definition) is 6. The van der Waals surface area contributed by atoms with Crippen LogP contribution in [0.1, 0.15) is 10.4 Å². The molecule has 0 aliphatic heterocycles. The third-order valence-corrected chi connectivity index (χ3v) is 3.15. The quantitative estimate of drug-likeness (QED) is 0.496. The highest BCUT2D eigenvalue weighted by Crippen LogP contribution is 2.28. The molecule has 0 aliphatic carbocycles. The minimum Gasteiger partial charge on any atom is -0.457 e. The molecular weight excluding hydrogens is 372 g/mol. The monoisotopic (exact) mass is 390 g/mol. The zero-order valence-electron chi connectivity index (χ0n) is 14.3. The van der Waals surface area contributed by atoms with Crippen molar-refractivity contribution in [3.8, 4) is 22.8 Å². The predicted molar refractivity (Wildman–Crippen MR) is 101 cm³/mol. The van der Waals surface area contributed by atoms with Crippen LogP contribution < -0.4 is 16.2 Å². The topological polar surface area (TPSA) is 161 Å². The lowest BCUT2D eigenvalue weighted by molar-refractivity contribution is 0.100. The summed E-state index contributed by atoms with van der Waals surface area (Å²) in [5.41, 5.74) is 12.3. The van der Waals surface area contributed by atoms with Gasteiger partial charge in [0.15, 0.2) is 0 Å². The number of carbonyl (C=O) groups excluding carboxylic acids is 1. The van der Waals surface area contributed by atoms with E-state index in [2.05, 4.69) is 10.2 Å². The molecule has 142 valence electrons. The number of anilines is 1. The van der Waals surface area contributed by atoms with Crippen molar-refractivity contribution in [2.75, 3.05) is 12.0 Å². The molecule has 27 heavy (non-hydrogen) atoms. The molecule has 0 unspecified atom stereocenters. The summed E-state index contributed by atoms with van der Waals surface area (Å²) in [4.78, 5) is 11.4. The molecule has 1 amide bonds. The van der Waals surface area contributed by atoms with E-state index in [-0.39, 0.29) is 11.4 Å². The first-order valence-corrected chi connectivity index (χ1v) is 9.39. The Morgan fingerprint density at radius 3 is 2.11 bits per heavy atom. The van der Waals surface area contributed by atoms with E-state index in [0.717, 1.165) is 11.3 Å². The van der Waals surface area contributed by atoms with E-state index in [4.69, 9.17) is 20.8 Å². The smallest absolute Gasteiger partial charge is 0.261 e. The summed E-state index contributed by atoms with van der Waals surface area (Å²) in [5, 5.41) is 6.60. The van der Waals surface area contributed by atoms with Crippen LogP contribution in [0.5, 0.6) is 11.5 Å². The van der Waals surface area contributed by atoms with Crippen molar-refractivity contribution in [2.24, 2.45) is 5.73 Å². The van der Waals surface area contributed by atoms with Crippen LogP contribution in [0.15, 0.2) is 54.6 Å². The van der Waals surface area contributed by atoms with Crippen molar-refractivity contribution in [3.63, 3.8) is 0 Å². The molecule has 1 aromatic heterocycles. The van der Waals surface area contributed by atoms with Crippen molar-refractivity contribution in [3.05, 3.63) is 60.2 Å². The van der Waals surface area contributed by atoms with E-state index >= 15 is 0 Å². The van der Waals surface area contributed by atoms with Crippen LogP contribution in [0.3, 0.4) is 0 Å². The van der Waals surface area contributed by atoms with Gasteiger partial charge in [-0.1, -0.05) is 18.2 Å². The number of H-pyrrole nitrogens is 1. The zero-order chi connectivity index (χ0) is 20.0. The van der Waals surface area contributed by atoms with Gasteiger partial charge >= 0.3 is 0 Å². The molecule has 9 nitrogen and oxygen atoms in total. The molecule has 0 radical (unpaired) electrons. The average molecular weight is 390 g/mol. The van der Waals surface area contributed by atoms with Gasteiger partial charge in [-0.15, -0.1) is 0 Å².